The van der Waals surface area contributed by atoms with E-state index in [0.29, 0.717) is 13.2 Å². The van der Waals surface area contributed by atoms with Crippen LogP contribution in [0.1, 0.15) is 64.2 Å². The molecule has 0 aromatic rings. The molecule has 5 aliphatic rings. The Kier molecular flexibility index (Phi) is 5.41. The van der Waals surface area contributed by atoms with E-state index >= 15 is 0 Å². The van der Waals surface area contributed by atoms with Crippen molar-refractivity contribution in [1.29, 1.82) is 0 Å². The number of rotatable bonds is 4. The molecule has 5 rings (SSSR count). The van der Waals surface area contributed by atoms with E-state index in [0.717, 1.165) is 57.8 Å². The van der Waals surface area contributed by atoms with Crippen molar-refractivity contribution in [2.75, 3.05) is 19.8 Å². The number of aliphatic carboxylic acids is 1. The summed E-state index contributed by atoms with van der Waals surface area (Å²) in [6.07, 6.45) is 7.62. The first kappa shape index (κ1) is 20.5. The first-order chi connectivity index (χ1) is 14.5. The van der Waals surface area contributed by atoms with Gasteiger partial charge >= 0.3 is 12.1 Å². The van der Waals surface area contributed by atoms with Crippen molar-refractivity contribution in [3.05, 3.63) is 0 Å². The Morgan fingerprint density at radius 1 is 0.900 bits per heavy atom. The number of cyclic esters (lactones) is 1. The zero-order valence-corrected chi connectivity index (χ0v) is 17.3. The highest BCUT2D eigenvalue weighted by Gasteiger charge is 2.58. The van der Waals surface area contributed by atoms with Crippen LogP contribution >= 0.6 is 0 Å². The van der Waals surface area contributed by atoms with E-state index in [-0.39, 0.29) is 0 Å². The summed E-state index contributed by atoms with van der Waals surface area (Å²) in [7, 11) is 0. The van der Waals surface area contributed by atoms with Crippen molar-refractivity contribution in [3.8, 4) is 0 Å². The molecular weight excluding hydrogens is 394 g/mol. The van der Waals surface area contributed by atoms with Crippen LogP contribution in [0.3, 0.4) is 0 Å². The molecule has 30 heavy (non-hydrogen) atoms. The van der Waals surface area contributed by atoms with Crippen LogP contribution in [0, 0.1) is 0 Å². The highest BCUT2D eigenvalue weighted by Crippen LogP contribution is 2.44. The van der Waals surface area contributed by atoms with Crippen LogP contribution in [0.2, 0.25) is 0 Å². The zero-order valence-electron chi connectivity index (χ0n) is 17.3. The van der Waals surface area contributed by atoms with Gasteiger partial charge in [0.05, 0.1) is 13.2 Å². The minimum Gasteiger partial charge on any atom is -0.480 e. The van der Waals surface area contributed by atoms with Crippen molar-refractivity contribution < 1.29 is 38.4 Å². The van der Waals surface area contributed by atoms with E-state index in [4.69, 9.17) is 23.7 Å². The number of carbonyl (C=O) groups is 2. The van der Waals surface area contributed by atoms with Gasteiger partial charge in [-0.25, -0.2) is 4.79 Å². The van der Waals surface area contributed by atoms with Crippen LogP contribution in [0.15, 0.2) is 0 Å². The van der Waals surface area contributed by atoms with Crippen molar-refractivity contribution in [1.82, 2.24) is 4.90 Å². The molecule has 0 aromatic heterocycles. The minimum absolute atomic E-state index is 0.312. The van der Waals surface area contributed by atoms with E-state index in [1.54, 1.807) is 0 Å². The SMILES string of the molecule is O=C(O)CN1C(=O)O[C@H](C2COC3(CCCCC3)O2)[C@@H]1C1COC2(CCCCC2)O1. The van der Waals surface area contributed by atoms with E-state index in [1.807, 2.05) is 0 Å². The number of hydrogen-bond acceptors (Lipinski definition) is 7. The van der Waals surface area contributed by atoms with Gasteiger partial charge < -0.3 is 28.8 Å². The average molecular weight is 425 g/mol. The summed E-state index contributed by atoms with van der Waals surface area (Å²) in [6, 6.07) is -0.581. The van der Waals surface area contributed by atoms with Crippen LogP contribution in [0.5, 0.6) is 0 Å². The zero-order chi connectivity index (χ0) is 20.8. The van der Waals surface area contributed by atoms with Crippen molar-refractivity contribution in [2.24, 2.45) is 0 Å². The molecule has 3 aliphatic heterocycles. The van der Waals surface area contributed by atoms with Gasteiger partial charge in [0.2, 0.25) is 0 Å². The Balaban J connectivity index is 1.36. The largest absolute Gasteiger partial charge is 0.480 e. The first-order valence-electron chi connectivity index (χ1n) is 11.3. The molecule has 168 valence electrons. The monoisotopic (exact) mass is 425 g/mol. The molecular formula is C21H31NO8. The highest BCUT2D eigenvalue weighted by atomic mass is 16.8. The molecule has 4 atom stereocenters. The van der Waals surface area contributed by atoms with Gasteiger partial charge in [-0.1, -0.05) is 12.8 Å². The van der Waals surface area contributed by atoms with Gasteiger partial charge in [-0.2, -0.15) is 0 Å². The van der Waals surface area contributed by atoms with Crippen molar-refractivity contribution >= 4 is 12.1 Å². The fourth-order valence-electron chi connectivity index (χ4n) is 5.77. The smallest absolute Gasteiger partial charge is 0.411 e. The van der Waals surface area contributed by atoms with Crippen molar-refractivity contribution in [2.45, 2.75) is 100 Å². The Morgan fingerprint density at radius 3 is 2.00 bits per heavy atom. The number of carbonyl (C=O) groups excluding carboxylic acids is 1. The second kappa shape index (κ2) is 7.93. The van der Waals surface area contributed by atoms with Gasteiger partial charge in [0, 0.05) is 25.7 Å². The lowest BCUT2D eigenvalue weighted by atomic mass is 9.94. The quantitative estimate of drug-likeness (QED) is 0.732. The summed E-state index contributed by atoms with van der Waals surface area (Å²) in [4.78, 5) is 25.3. The van der Waals surface area contributed by atoms with Crippen LogP contribution < -0.4 is 0 Å². The molecule has 2 spiro atoms. The molecule has 2 aliphatic carbocycles. The average Bonchev–Trinajstić information content (AvgIpc) is 3.40. The Bertz CT molecular complexity index is 672. The predicted molar refractivity (Wildman–Crippen MR) is 102 cm³/mol. The number of hydrogen-bond donors (Lipinski definition) is 1. The number of carboxylic acids is 1. The molecule has 9 heteroatoms. The van der Waals surface area contributed by atoms with Crippen LogP contribution in [-0.4, -0.2) is 77.8 Å². The second-order valence-electron chi connectivity index (χ2n) is 9.24. The maximum absolute atomic E-state index is 12.6. The minimum atomic E-state index is -1.09. The molecule has 2 unspecified atom stereocenters. The molecule has 0 aromatic carbocycles. The van der Waals surface area contributed by atoms with Gasteiger partial charge in [-0.05, 0) is 25.7 Å². The van der Waals surface area contributed by atoms with Crippen LogP contribution in [0.25, 0.3) is 0 Å². The van der Waals surface area contributed by atoms with Gasteiger partial charge in [-0.3, -0.25) is 9.69 Å². The third-order valence-corrected chi connectivity index (χ3v) is 7.21. The summed E-state index contributed by atoms with van der Waals surface area (Å²) in [5.74, 6) is -2.31. The highest BCUT2D eigenvalue weighted by molar-refractivity contribution is 5.78. The fourth-order valence-corrected chi connectivity index (χ4v) is 5.77. The maximum atomic E-state index is 12.6. The lowest BCUT2D eigenvalue weighted by molar-refractivity contribution is -0.203. The molecule has 5 fully saturated rings. The van der Waals surface area contributed by atoms with Gasteiger partial charge in [0.1, 0.15) is 24.8 Å². The summed E-state index contributed by atoms with van der Waals surface area (Å²) in [5.41, 5.74) is 0. The normalized spacial score (nSPS) is 37.7. The second-order valence-corrected chi connectivity index (χ2v) is 9.24. The molecule has 0 bridgehead atoms. The van der Waals surface area contributed by atoms with E-state index in [1.165, 1.54) is 11.3 Å². The first-order valence-corrected chi connectivity index (χ1v) is 11.3. The lowest BCUT2D eigenvalue weighted by Gasteiger charge is -2.35. The molecule has 2 saturated carbocycles. The fraction of sp³-hybridized carbons (Fsp3) is 0.905. The Hall–Kier alpha value is -1.42. The standard InChI is InChI=1S/C21H31NO8/c23-16(24)11-22-17(14-12-26-20(29-14)7-3-1-4-8-20)18(28-19(22)25)15-13-27-21(30-15)9-5-2-6-10-21/h14-15,17-18H,1-13H2,(H,23,24)/t14?,15?,17-,18+/m0/s1. The molecule has 3 heterocycles. The summed E-state index contributed by atoms with van der Waals surface area (Å²) < 4.78 is 30.5. The molecule has 0 radical (unpaired) electrons. The van der Waals surface area contributed by atoms with Gasteiger partial charge in [-0.15, -0.1) is 0 Å². The van der Waals surface area contributed by atoms with Gasteiger partial charge in [0.15, 0.2) is 17.7 Å². The molecule has 1 N–H and O–H groups in total. The van der Waals surface area contributed by atoms with Crippen LogP contribution in [-0.2, 0) is 28.5 Å². The topological polar surface area (TPSA) is 104 Å². The molecule has 9 nitrogen and oxygen atoms in total. The van der Waals surface area contributed by atoms with E-state index in [2.05, 4.69) is 0 Å². The van der Waals surface area contributed by atoms with Crippen molar-refractivity contribution in [3.63, 3.8) is 0 Å². The molecule has 3 saturated heterocycles. The van der Waals surface area contributed by atoms with E-state index in [9.17, 15) is 14.7 Å². The summed E-state index contributed by atoms with van der Waals surface area (Å²) in [5, 5.41) is 9.37. The number of amides is 1. The van der Waals surface area contributed by atoms with Crippen LogP contribution in [0.4, 0.5) is 4.79 Å². The third kappa shape index (κ3) is 3.70. The van der Waals surface area contributed by atoms with E-state index < -0.39 is 54.5 Å². The Labute approximate surface area is 175 Å². The Morgan fingerprint density at radius 2 is 1.43 bits per heavy atom. The number of nitrogens with zero attached hydrogens (tertiary/aromatic N) is 1. The third-order valence-electron chi connectivity index (χ3n) is 7.21. The lowest BCUT2D eigenvalue weighted by Crippen LogP contribution is -2.53. The summed E-state index contributed by atoms with van der Waals surface area (Å²) >= 11 is 0. The number of ether oxygens (including phenoxy) is 5. The predicted octanol–water partition coefficient (Wildman–Crippen LogP) is 2.41. The molecule has 1 amide bonds. The number of carboxylic acid groups (broad SMARTS) is 1. The maximum Gasteiger partial charge on any atom is 0.411 e. The summed E-state index contributed by atoms with van der Waals surface area (Å²) in [6.45, 7) is 0.201. The van der Waals surface area contributed by atoms with Gasteiger partial charge in [0.25, 0.3) is 0 Å².